The van der Waals surface area contributed by atoms with Gasteiger partial charge in [-0.15, -0.1) is 0 Å². The van der Waals surface area contributed by atoms with Crippen LogP contribution in [0.1, 0.15) is 37.5 Å². The zero-order chi connectivity index (χ0) is 14.8. The van der Waals surface area contributed by atoms with Crippen LogP contribution in [0.15, 0.2) is 42.5 Å². The van der Waals surface area contributed by atoms with Gasteiger partial charge in [0.2, 0.25) is 0 Å². The van der Waals surface area contributed by atoms with Crippen molar-refractivity contribution >= 4 is 5.69 Å². The Morgan fingerprint density at radius 2 is 1.75 bits per heavy atom. The maximum absolute atomic E-state index is 6.03. The van der Waals surface area contributed by atoms with Crippen LogP contribution in [0.3, 0.4) is 0 Å². The molecule has 0 unspecified atom stereocenters. The zero-order valence-electron chi connectivity index (χ0n) is 12.7. The van der Waals surface area contributed by atoms with Gasteiger partial charge in [0.25, 0.3) is 0 Å². The molecule has 0 radical (unpaired) electrons. The van der Waals surface area contributed by atoms with E-state index in [9.17, 15) is 0 Å². The summed E-state index contributed by atoms with van der Waals surface area (Å²) in [5, 5.41) is 0. The van der Waals surface area contributed by atoms with Gasteiger partial charge in [0.05, 0.1) is 0 Å². The van der Waals surface area contributed by atoms with Crippen LogP contribution >= 0.6 is 0 Å². The highest BCUT2D eigenvalue weighted by Crippen LogP contribution is 2.32. The summed E-state index contributed by atoms with van der Waals surface area (Å²) in [6.45, 7) is 9.17. The van der Waals surface area contributed by atoms with Crippen LogP contribution < -0.4 is 10.5 Å². The molecule has 0 fully saturated rings. The minimum atomic E-state index is 0.0608. The second-order valence-electron chi connectivity index (χ2n) is 6.24. The van der Waals surface area contributed by atoms with Crippen molar-refractivity contribution in [1.82, 2.24) is 0 Å². The predicted octanol–water partition coefficient (Wildman–Crippen LogP) is 4.45. The highest BCUT2D eigenvalue weighted by molar-refractivity contribution is 5.47. The van der Waals surface area contributed by atoms with Gasteiger partial charge in [-0.25, -0.2) is 0 Å². The molecule has 2 heteroatoms. The summed E-state index contributed by atoms with van der Waals surface area (Å²) in [4.78, 5) is 0. The van der Waals surface area contributed by atoms with Crippen molar-refractivity contribution in [3.05, 3.63) is 59.2 Å². The summed E-state index contributed by atoms with van der Waals surface area (Å²) in [7, 11) is 0. The maximum Gasteiger partial charge on any atom is 0.123 e. The van der Waals surface area contributed by atoms with Crippen molar-refractivity contribution in [1.29, 1.82) is 0 Å². The average molecular weight is 269 g/mol. The second-order valence-corrected chi connectivity index (χ2v) is 6.24. The molecule has 20 heavy (non-hydrogen) atoms. The second kappa shape index (κ2) is 5.58. The third-order valence-electron chi connectivity index (χ3n) is 3.38. The number of nitrogens with two attached hydrogens (primary N) is 1. The molecule has 0 spiro atoms. The van der Waals surface area contributed by atoms with Crippen LogP contribution in [0.5, 0.6) is 5.75 Å². The van der Waals surface area contributed by atoms with E-state index in [4.69, 9.17) is 10.5 Å². The van der Waals surface area contributed by atoms with Gasteiger partial charge in [0.1, 0.15) is 12.4 Å². The quantitative estimate of drug-likeness (QED) is 0.835. The molecule has 0 saturated heterocycles. The van der Waals surface area contributed by atoms with Crippen LogP contribution in [0.4, 0.5) is 5.69 Å². The van der Waals surface area contributed by atoms with E-state index in [2.05, 4.69) is 45.9 Å². The van der Waals surface area contributed by atoms with E-state index in [1.807, 2.05) is 24.3 Å². The molecule has 0 aromatic heterocycles. The van der Waals surface area contributed by atoms with Crippen molar-refractivity contribution in [2.24, 2.45) is 0 Å². The summed E-state index contributed by atoms with van der Waals surface area (Å²) in [6, 6.07) is 14.2. The Morgan fingerprint density at radius 1 is 1.05 bits per heavy atom. The Morgan fingerprint density at radius 3 is 2.40 bits per heavy atom. The molecule has 0 atom stereocenters. The van der Waals surface area contributed by atoms with Crippen molar-refractivity contribution in [3.63, 3.8) is 0 Å². The number of nitrogen functional groups attached to an aromatic ring is 1. The van der Waals surface area contributed by atoms with E-state index in [-0.39, 0.29) is 5.41 Å². The summed E-state index contributed by atoms with van der Waals surface area (Å²) >= 11 is 0. The first kappa shape index (κ1) is 14.4. The highest BCUT2D eigenvalue weighted by atomic mass is 16.5. The normalized spacial score (nSPS) is 11.4. The van der Waals surface area contributed by atoms with Gasteiger partial charge in [0, 0.05) is 11.3 Å². The Labute approximate surface area is 121 Å². The fraction of sp³-hybridized carbons (Fsp3) is 0.333. The SMILES string of the molecule is Cc1ccc(C(C)(C)C)c(OCc2ccccc2N)c1. The summed E-state index contributed by atoms with van der Waals surface area (Å²) in [5.41, 5.74) is 10.2. The molecule has 2 aromatic carbocycles. The molecule has 0 aliphatic carbocycles. The Hall–Kier alpha value is -1.96. The van der Waals surface area contributed by atoms with E-state index in [1.54, 1.807) is 0 Å². The number of aryl methyl sites for hydroxylation is 1. The smallest absolute Gasteiger partial charge is 0.123 e. The van der Waals surface area contributed by atoms with Crippen LogP contribution in [-0.4, -0.2) is 0 Å². The molecular formula is C18H23NO. The molecule has 2 N–H and O–H groups in total. The van der Waals surface area contributed by atoms with Gasteiger partial charge < -0.3 is 10.5 Å². The lowest BCUT2D eigenvalue weighted by atomic mass is 9.86. The number of benzene rings is 2. The lowest BCUT2D eigenvalue weighted by Gasteiger charge is -2.23. The molecular weight excluding hydrogens is 246 g/mol. The van der Waals surface area contributed by atoms with E-state index in [1.165, 1.54) is 11.1 Å². The molecule has 0 saturated carbocycles. The molecule has 0 heterocycles. The molecule has 106 valence electrons. The van der Waals surface area contributed by atoms with Crippen LogP contribution in [0.25, 0.3) is 0 Å². The molecule has 2 rings (SSSR count). The van der Waals surface area contributed by atoms with Crippen molar-refractivity contribution in [2.45, 2.75) is 39.7 Å². The zero-order valence-corrected chi connectivity index (χ0v) is 12.7. The average Bonchev–Trinajstić information content (AvgIpc) is 2.36. The first-order chi connectivity index (χ1) is 9.38. The molecule has 0 amide bonds. The van der Waals surface area contributed by atoms with Crippen molar-refractivity contribution in [2.75, 3.05) is 5.73 Å². The number of para-hydroxylation sites is 1. The number of hydrogen-bond donors (Lipinski definition) is 1. The topological polar surface area (TPSA) is 35.2 Å². The molecule has 0 aliphatic heterocycles. The fourth-order valence-corrected chi connectivity index (χ4v) is 2.19. The number of anilines is 1. The first-order valence-corrected chi connectivity index (χ1v) is 6.95. The standard InChI is InChI=1S/C18H23NO/c1-13-9-10-15(18(2,3)4)17(11-13)20-12-14-7-5-6-8-16(14)19/h5-11H,12,19H2,1-4H3. The van der Waals surface area contributed by atoms with E-state index < -0.39 is 0 Å². The summed E-state index contributed by atoms with van der Waals surface area (Å²) in [5.74, 6) is 0.945. The van der Waals surface area contributed by atoms with E-state index in [0.29, 0.717) is 6.61 Å². The molecule has 2 aromatic rings. The van der Waals surface area contributed by atoms with E-state index in [0.717, 1.165) is 17.0 Å². The van der Waals surface area contributed by atoms with Gasteiger partial charge in [0.15, 0.2) is 0 Å². The van der Waals surface area contributed by atoms with Gasteiger partial charge >= 0.3 is 0 Å². The number of hydrogen-bond acceptors (Lipinski definition) is 2. The Bertz CT molecular complexity index is 597. The number of ether oxygens (including phenoxy) is 1. The molecule has 2 nitrogen and oxygen atoms in total. The number of rotatable bonds is 3. The Kier molecular flexibility index (Phi) is 4.03. The van der Waals surface area contributed by atoms with Crippen molar-refractivity contribution in [3.8, 4) is 5.75 Å². The van der Waals surface area contributed by atoms with Crippen LogP contribution in [-0.2, 0) is 12.0 Å². The largest absolute Gasteiger partial charge is 0.489 e. The maximum atomic E-state index is 6.03. The molecule has 0 bridgehead atoms. The van der Waals surface area contributed by atoms with Gasteiger partial charge in [-0.1, -0.05) is 51.1 Å². The van der Waals surface area contributed by atoms with Gasteiger partial charge in [-0.05, 0) is 35.6 Å². The third kappa shape index (κ3) is 3.32. The fourth-order valence-electron chi connectivity index (χ4n) is 2.19. The van der Waals surface area contributed by atoms with Crippen molar-refractivity contribution < 1.29 is 4.74 Å². The van der Waals surface area contributed by atoms with Crippen LogP contribution in [0.2, 0.25) is 0 Å². The summed E-state index contributed by atoms with van der Waals surface area (Å²) in [6.07, 6.45) is 0. The van der Waals surface area contributed by atoms with Gasteiger partial charge in [-0.3, -0.25) is 0 Å². The van der Waals surface area contributed by atoms with E-state index >= 15 is 0 Å². The predicted molar refractivity (Wildman–Crippen MR) is 85.1 cm³/mol. The third-order valence-corrected chi connectivity index (χ3v) is 3.38. The lowest BCUT2D eigenvalue weighted by Crippen LogP contribution is -2.13. The highest BCUT2D eigenvalue weighted by Gasteiger charge is 2.19. The molecule has 0 aliphatic rings. The minimum Gasteiger partial charge on any atom is -0.489 e. The Balaban J connectivity index is 2.25. The first-order valence-electron chi connectivity index (χ1n) is 6.95. The van der Waals surface area contributed by atoms with Gasteiger partial charge in [-0.2, -0.15) is 0 Å². The minimum absolute atomic E-state index is 0.0608. The summed E-state index contributed by atoms with van der Waals surface area (Å²) < 4.78 is 6.03. The lowest BCUT2D eigenvalue weighted by molar-refractivity contribution is 0.298. The monoisotopic (exact) mass is 269 g/mol. The van der Waals surface area contributed by atoms with Crippen LogP contribution in [0, 0.1) is 6.92 Å².